The second-order valence-electron chi connectivity index (χ2n) is 8.20. The molecule has 4 heteroatoms. The maximum atomic E-state index is 12.5. The van der Waals surface area contributed by atoms with Gasteiger partial charge in [-0.3, -0.25) is 4.79 Å². The molecule has 0 spiro atoms. The molecule has 0 saturated carbocycles. The highest BCUT2D eigenvalue weighted by Gasteiger charge is 2.17. The number of hydrogen-bond donors (Lipinski definition) is 2. The Bertz CT molecular complexity index is 596. The van der Waals surface area contributed by atoms with Gasteiger partial charge in [-0.25, -0.2) is 0 Å². The summed E-state index contributed by atoms with van der Waals surface area (Å²) in [6, 6.07) is 6.04. The average molecular weight is 390 g/mol. The smallest absolute Gasteiger partial charge is 0.163 e. The van der Waals surface area contributed by atoms with E-state index in [1.54, 1.807) is 0 Å². The number of ketones is 1. The molecule has 158 valence electrons. The maximum absolute atomic E-state index is 12.5. The number of Topliss-reactive ketones (excluding diaryl/α,β-unsaturated/α-hetero) is 1. The van der Waals surface area contributed by atoms with Crippen LogP contribution in [-0.2, 0) is 11.3 Å². The number of hydrogen-bond acceptors (Lipinski definition) is 4. The second-order valence-corrected chi connectivity index (χ2v) is 8.20. The van der Waals surface area contributed by atoms with Gasteiger partial charge >= 0.3 is 0 Å². The molecule has 28 heavy (non-hydrogen) atoms. The van der Waals surface area contributed by atoms with E-state index >= 15 is 0 Å². The minimum atomic E-state index is -1.23. The third kappa shape index (κ3) is 10.1. The normalized spacial score (nSPS) is 13.3. The van der Waals surface area contributed by atoms with Gasteiger partial charge < -0.3 is 15.2 Å². The van der Waals surface area contributed by atoms with E-state index in [2.05, 4.69) is 18.3 Å². The standard InChI is InChI=1S/C24H39NO3/c1-4-5-6-7-8-9-10-12-23(27)22-14-13-21(17-20(22)2)18-25-16-11-15-24(3,28)19-26/h13-14,17,19,25,28H,4-12,15-16,18H2,1-3H3. The summed E-state index contributed by atoms with van der Waals surface area (Å²) in [6.07, 6.45) is 11.0. The molecule has 2 N–H and O–H groups in total. The Morgan fingerprint density at radius 1 is 1.11 bits per heavy atom. The van der Waals surface area contributed by atoms with E-state index in [9.17, 15) is 14.7 Å². The number of rotatable bonds is 16. The zero-order valence-corrected chi connectivity index (χ0v) is 18.1. The van der Waals surface area contributed by atoms with Crippen molar-refractivity contribution in [1.82, 2.24) is 5.32 Å². The van der Waals surface area contributed by atoms with Crippen LogP contribution in [0.3, 0.4) is 0 Å². The van der Waals surface area contributed by atoms with E-state index in [4.69, 9.17) is 0 Å². The summed E-state index contributed by atoms with van der Waals surface area (Å²) < 4.78 is 0. The highest BCUT2D eigenvalue weighted by molar-refractivity contribution is 5.97. The Morgan fingerprint density at radius 3 is 2.43 bits per heavy atom. The van der Waals surface area contributed by atoms with E-state index in [1.165, 1.54) is 39.0 Å². The van der Waals surface area contributed by atoms with Crippen LogP contribution in [-0.4, -0.2) is 29.3 Å². The van der Waals surface area contributed by atoms with Crippen LogP contribution in [0.1, 0.15) is 99.5 Å². The second kappa shape index (κ2) is 13.6. The van der Waals surface area contributed by atoms with Crippen LogP contribution in [0.15, 0.2) is 18.2 Å². The SMILES string of the molecule is CCCCCCCCCC(=O)c1ccc(CNCCCC(C)(O)C=O)cc1C. The molecule has 0 aliphatic heterocycles. The molecule has 0 aromatic heterocycles. The number of benzene rings is 1. The number of unbranched alkanes of at least 4 members (excludes halogenated alkanes) is 6. The summed E-state index contributed by atoms with van der Waals surface area (Å²) in [6.45, 7) is 7.22. The first-order valence-corrected chi connectivity index (χ1v) is 10.9. The number of carbonyl (C=O) groups is 2. The molecule has 1 aromatic carbocycles. The molecule has 1 aromatic rings. The summed E-state index contributed by atoms with van der Waals surface area (Å²) in [5.41, 5.74) is 1.80. The highest BCUT2D eigenvalue weighted by atomic mass is 16.3. The summed E-state index contributed by atoms with van der Waals surface area (Å²) in [4.78, 5) is 23.1. The minimum Gasteiger partial charge on any atom is -0.383 e. The van der Waals surface area contributed by atoms with Crippen LogP contribution >= 0.6 is 0 Å². The zero-order valence-electron chi connectivity index (χ0n) is 18.1. The van der Waals surface area contributed by atoms with Gasteiger partial charge in [0.2, 0.25) is 0 Å². The first kappa shape index (κ1) is 24.5. The summed E-state index contributed by atoms with van der Waals surface area (Å²) >= 11 is 0. The highest BCUT2D eigenvalue weighted by Crippen LogP contribution is 2.16. The number of aldehydes is 1. The summed E-state index contributed by atoms with van der Waals surface area (Å²) in [5.74, 6) is 0.252. The molecule has 1 rings (SSSR count). The van der Waals surface area contributed by atoms with Gasteiger partial charge in [-0.05, 0) is 50.8 Å². The van der Waals surface area contributed by atoms with E-state index in [0.29, 0.717) is 19.1 Å². The van der Waals surface area contributed by atoms with Crippen LogP contribution in [0, 0.1) is 6.92 Å². The van der Waals surface area contributed by atoms with Crippen molar-refractivity contribution in [2.45, 2.75) is 97.1 Å². The Balaban J connectivity index is 2.30. The lowest BCUT2D eigenvalue weighted by Crippen LogP contribution is -2.27. The van der Waals surface area contributed by atoms with Crippen LogP contribution in [0.5, 0.6) is 0 Å². The predicted molar refractivity (Wildman–Crippen MR) is 116 cm³/mol. The predicted octanol–water partition coefficient (Wildman–Crippen LogP) is 5.14. The fraction of sp³-hybridized carbons (Fsp3) is 0.667. The zero-order chi connectivity index (χ0) is 20.8. The largest absolute Gasteiger partial charge is 0.383 e. The molecular formula is C24H39NO3. The van der Waals surface area contributed by atoms with Crippen molar-refractivity contribution in [1.29, 1.82) is 0 Å². The molecule has 0 heterocycles. The van der Waals surface area contributed by atoms with Gasteiger partial charge in [-0.2, -0.15) is 0 Å². The third-order valence-corrected chi connectivity index (χ3v) is 5.22. The number of aliphatic hydroxyl groups is 1. The lowest BCUT2D eigenvalue weighted by Gasteiger charge is -2.15. The van der Waals surface area contributed by atoms with Crippen molar-refractivity contribution in [3.05, 3.63) is 34.9 Å². The summed E-state index contributed by atoms with van der Waals surface area (Å²) in [5, 5.41) is 13.0. The lowest BCUT2D eigenvalue weighted by molar-refractivity contribution is -0.123. The maximum Gasteiger partial charge on any atom is 0.163 e. The molecule has 1 atom stereocenters. The van der Waals surface area contributed by atoms with Gasteiger partial charge in [-0.1, -0.05) is 63.6 Å². The van der Waals surface area contributed by atoms with Gasteiger partial charge in [-0.15, -0.1) is 0 Å². The summed E-state index contributed by atoms with van der Waals surface area (Å²) in [7, 11) is 0. The van der Waals surface area contributed by atoms with Gasteiger partial charge in [0.1, 0.15) is 5.60 Å². The van der Waals surface area contributed by atoms with Gasteiger partial charge in [0.25, 0.3) is 0 Å². The molecule has 1 unspecified atom stereocenters. The first-order chi connectivity index (χ1) is 13.4. The Labute approximate surface area is 171 Å². The number of carbonyl (C=O) groups excluding carboxylic acids is 2. The quantitative estimate of drug-likeness (QED) is 0.233. The van der Waals surface area contributed by atoms with Gasteiger partial charge in [0.15, 0.2) is 12.1 Å². The van der Waals surface area contributed by atoms with E-state index in [-0.39, 0.29) is 5.78 Å². The monoisotopic (exact) mass is 389 g/mol. The van der Waals surface area contributed by atoms with Crippen molar-refractivity contribution in [2.24, 2.45) is 0 Å². The van der Waals surface area contributed by atoms with Crippen molar-refractivity contribution in [3.8, 4) is 0 Å². The van der Waals surface area contributed by atoms with Crippen LogP contribution in [0.4, 0.5) is 0 Å². The third-order valence-electron chi connectivity index (χ3n) is 5.22. The van der Waals surface area contributed by atoms with Gasteiger partial charge in [0.05, 0.1) is 0 Å². The number of aryl methyl sites for hydroxylation is 1. The van der Waals surface area contributed by atoms with E-state index in [0.717, 1.165) is 49.0 Å². The first-order valence-electron chi connectivity index (χ1n) is 10.9. The molecule has 0 saturated heterocycles. The van der Waals surface area contributed by atoms with Crippen LogP contribution in [0.2, 0.25) is 0 Å². The molecule has 0 aliphatic rings. The molecule has 0 aliphatic carbocycles. The fourth-order valence-corrected chi connectivity index (χ4v) is 3.39. The van der Waals surface area contributed by atoms with Gasteiger partial charge in [0, 0.05) is 18.5 Å². The number of nitrogens with one attached hydrogen (secondary N) is 1. The molecule has 0 fully saturated rings. The Morgan fingerprint density at radius 2 is 1.79 bits per heavy atom. The van der Waals surface area contributed by atoms with E-state index < -0.39 is 5.60 Å². The Hall–Kier alpha value is -1.52. The topological polar surface area (TPSA) is 66.4 Å². The molecule has 0 radical (unpaired) electrons. The molecule has 4 nitrogen and oxygen atoms in total. The molecule has 0 bridgehead atoms. The lowest BCUT2D eigenvalue weighted by atomic mass is 9.98. The van der Waals surface area contributed by atoms with Crippen molar-refractivity contribution >= 4 is 12.1 Å². The minimum absolute atomic E-state index is 0.252. The molecule has 0 amide bonds. The molecular weight excluding hydrogens is 350 g/mol. The van der Waals surface area contributed by atoms with E-state index in [1.807, 2.05) is 19.1 Å². The van der Waals surface area contributed by atoms with Crippen molar-refractivity contribution < 1.29 is 14.7 Å². The average Bonchev–Trinajstić information content (AvgIpc) is 2.67. The van der Waals surface area contributed by atoms with Crippen molar-refractivity contribution in [2.75, 3.05) is 6.54 Å². The fourth-order valence-electron chi connectivity index (χ4n) is 3.39. The van der Waals surface area contributed by atoms with Crippen LogP contribution in [0.25, 0.3) is 0 Å². The van der Waals surface area contributed by atoms with Crippen LogP contribution < -0.4 is 5.32 Å². The van der Waals surface area contributed by atoms with Crippen molar-refractivity contribution in [3.63, 3.8) is 0 Å². The Kier molecular flexibility index (Phi) is 11.9.